The van der Waals surface area contributed by atoms with Gasteiger partial charge in [0.25, 0.3) is 0 Å². The van der Waals surface area contributed by atoms with Gasteiger partial charge in [0.05, 0.1) is 0 Å². The molecule has 0 saturated carbocycles. The van der Waals surface area contributed by atoms with Crippen LogP contribution < -0.4 is 10.6 Å². The SMILES string of the molecule is CSC1CCN(c2ccc([C@@H](C)N)c(Br)c2)CC1. The van der Waals surface area contributed by atoms with Crippen LogP contribution in [0.2, 0.25) is 0 Å². The van der Waals surface area contributed by atoms with Gasteiger partial charge >= 0.3 is 0 Å². The first-order valence-corrected chi connectivity index (χ1v) is 8.52. The predicted molar refractivity (Wildman–Crippen MR) is 85.5 cm³/mol. The second-order valence-electron chi connectivity index (χ2n) is 4.92. The van der Waals surface area contributed by atoms with Gasteiger partial charge in [0.2, 0.25) is 0 Å². The van der Waals surface area contributed by atoms with Gasteiger partial charge in [-0.3, -0.25) is 0 Å². The number of thioether (sulfide) groups is 1. The van der Waals surface area contributed by atoms with Gasteiger partial charge in [0.15, 0.2) is 0 Å². The Morgan fingerprint density at radius 1 is 1.39 bits per heavy atom. The maximum absolute atomic E-state index is 5.93. The van der Waals surface area contributed by atoms with E-state index in [1.807, 2.05) is 18.7 Å². The lowest BCUT2D eigenvalue weighted by atomic mass is 10.1. The van der Waals surface area contributed by atoms with Crippen LogP contribution in [-0.4, -0.2) is 24.6 Å². The van der Waals surface area contributed by atoms with Crippen LogP contribution in [0, 0.1) is 0 Å². The van der Waals surface area contributed by atoms with Crippen molar-refractivity contribution in [2.45, 2.75) is 31.1 Å². The van der Waals surface area contributed by atoms with Crippen LogP contribution >= 0.6 is 27.7 Å². The van der Waals surface area contributed by atoms with Crippen molar-refractivity contribution in [3.05, 3.63) is 28.2 Å². The quantitative estimate of drug-likeness (QED) is 0.915. The van der Waals surface area contributed by atoms with Gasteiger partial charge in [0, 0.05) is 34.5 Å². The van der Waals surface area contributed by atoms with Gasteiger partial charge in [-0.25, -0.2) is 0 Å². The Labute approximate surface area is 122 Å². The van der Waals surface area contributed by atoms with Crippen molar-refractivity contribution in [1.82, 2.24) is 0 Å². The average Bonchev–Trinajstić information content (AvgIpc) is 2.38. The first-order valence-electron chi connectivity index (χ1n) is 6.44. The van der Waals surface area contributed by atoms with Crippen LogP contribution in [0.5, 0.6) is 0 Å². The maximum atomic E-state index is 5.93. The molecule has 1 aliphatic heterocycles. The van der Waals surface area contributed by atoms with E-state index in [0.717, 1.165) is 22.8 Å². The summed E-state index contributed by atoms with van der Waals surface area (Å²) in [4.78, 5) is 2.47. The van der Waals surface area contributed by atoms with Crippen LogP contribution in [0.25, 0.3) is 0 Å². The van der Waals surface area contributed by atoms with Crippen LogP contribution in [0.15, 0.2) is 22.7 Å². The number of halogens is 1. The van der Waals surface area contributed by atoms with E-state index >= 15 is 0 Å². The molecule has 4 heteroatoms. The van der Waals surface area contributed by atoms with E-state index in [1.54, 1.807) is 0 Å². The van der Waals surface area contributed by atoms with E-state index < -0.39 is 0 Å². The monoisotopic (exact) mass is 328 g/mol. The lowest BCUT2D eigenvalue weighted by Gasteiger charge is -2.33. The van der Waals surface area contributed by atoms with Gasteiger partial charge in [-0.05, 0) is 43.7 Å². The zero-order valence-electron chi connectivity index (χ0n) is 11.0. The number of hydrogen-bond donors (Lipinski definition) is 1. The summed E-state index contributed by atoms with van der Waals surface area (Å²) in [5.74, 6) is 0. The number of anilines is 1. The first kappa shape index (κ1) is 14.2. The van der Waals surface area contributed by atoms with Crippen LogP contribution in [-0.2, 0) is 0 Å². The smallest absolute Gasteiger partial charge is 0.0377 e. The molecule has 1 aromatic rings. The molecule has 0 amide bonds. The topological polar surface area (TPSA) is 29.3 Å². The maximum Gasteiger partial charge on any atom is 0.0377 e. The molecule has 2 rings (SSSR count). The second-order valence-corrected chi connectivity index (χ2v) is 6.91. The summed E-state index contributed by atoms with van der Waals surface area (Å²) in [5, 5.41) is 0.841. The van der Waals surface area contributed by atoms with E-state index in [-0.39, 0.29) is 6.04 Å². The molecular weight excluding hydrogens is 308 g/mol. The molecule has 1 aliphatic rings. The summed E-state index contributed by atoms with van der Waals surface area (Å²) < 4.78 is 1.13. The van der Waals surface area contributed by atoms with Gasteiger partial charge in [0.1, 0.15) is 0 Å². The molecule has 1 atom stereocenters. The Hall–Kier alpha value is -0.190. The highest BCUT2D eigenvalue weighted by Gasteiger charge is 2.19. The number of rotatable bonds is 3. The Morgan fingerprint density at radius 2 is 2.06 bits per heavy atom. The van der Waals surface area contributed by atoms with Crippen LogP contribution in [0.1, 0.15) is 31.4 Å². The summed E-state index contributed by atoms with van der Waals surface area (Å²) in [7, 11) is 0. The first-order chi connectivity index (χ1) is 8.61. The molecule has 1 fully saturated rings. The third kappa shape index (κ3) is 3.22. The molecule has 0 bridgehead atoms. The van der Waals surface area contributed by atoms with Crippen molar-refractivity contribution >= 4 is 33.4 Å². The van der Waals surface area contributed by atoms with E-state index in [4.69, 9.17) is 5.73 Å². The largest absolute Gasteiger partial charge is 0.371 e. The predicted octanol–water partition coefficient (Wildman–Crippen LogP) is 3.80. The zero-order valence-corrected chi connectivity index (χ0v) is 13.4. The van der Waals surface area contributed by atoms with Crippen molar-refractivity contribution in [3.8, 4) is 0 Å². The van der Waals surface area contributed by atoms with Crippen molar-refractivity contribution in [2.24, 2.45) is 5.73 Å². The highest BCUT2D eigenvalue weighted by Crippen LogP contribution is 2.30. The fourth-order valence-electron chi connectivity index (χ4n) is 2.43. The number of piperidine rings is 1. The Morgan fingerprint density at radius 3 is 2.56 bits per heavy atom. The fraction of sp³-hybridized carbons (Fsp3) is 0.571. The number of nitrogens with two attached hydrogens (primary N) is 1. The molecule has 1 heterocycles. The zero-order chi connectivity index (χ0) is 13.1. The number of nitrogens with zero attached hydrogens (tertiary/aromatic N) is 1. The van der Waals surface area contributed by atoms with Crippen LogP contribution in [0.3, 0.4) is 0 Å². The fourth-order valence-corrected chi connectivity index (χ4v) is 3.84. The molecule has 2 N–H and O–H groups in total. The second kappa shape index (κ2) is 6.31. The van der Waals surface area contributed by atoms with Crippen molar-refractivity contribution < 1.29 is 0 Å². The van der Waals surface area contributed by atoms with Crippen molar-refractivity contribution in [3.63, 3.8) is 0 Å². The van der Waals surface area contributed by atoms with Gasteiger partial charge in [-0.2, -0.15) is 11.8 Å². The molecule has 0 aliphatic carbocycles. The molecular formula is C14H21BrN2S. The Balaban J connectivity index is 2.08. The third-order valence-electron chi connectivity index (χ3n) is 3.62. The lowest BCUT2D eigenvalue weighted by Crippen LogP contribution is -2.34. The minimum atomic E-state index is 0.0793. The summed E-state index contributed by atoms with van der Waals surface area (Å²) in [5.41, 5.74) is 8.42. The number of benzene rings is 1. The molecule has 0 spiro atoms. The summed E-state index contributed by atoms with van der Waals surface area (Å²) >= 11 is 5.63. The Bertz CT molecular complexity index is 401. The summed E-state index contributed by atoms with van der Waals surface area (Å²) in [6.45, 7) is 4.34. The molecule has 2 nitrogen and oxygen atoms in total. The van der Waals surface area contributed by atoms with Gasteiger partial charge in [-0.1, -0.05) is 22.0 Å². The van der Waals surface area contributed by atoms with E-state index in [9.17, 15) is 0 Å². The minimum absolute atomic E-state index is 0.0793. The summed E-state index contributed by atoms with van der Waals surface area (Å²) in [6.07, 6.45) is 4.79. The highest BCUT2D eigenvalue weighted by atomic mass is 79.9. The standard InChI is InChI=1S/C14H21BrN2S/c1-10(16)13-4-3-11(9-14(13)15)17-7-5-12(18-2)6-8-17/h3-4,9-10,12H,5-8,16H2,1-2H3/t10-/m1/s1. The van der Waals surface area contributed by atoms with Gasteiger partial charge in [-0.15, -0.1) is 0 Å². The molecule has 0 radical (unpaired) electrons. The van der Waals surface area contributed by atoms with Gasteiger partial charge < -0.3 is 10.6 Å². The minimum Gasteiger partial charge on any atom is -0.371 e. The third-order valence-corrected chi connectivity index (χ3v) is 5.44. The van der Waals surface area contributed by atoms with Crippen molar-refractivity contribution in [2.75, 3.05) is 24.2 Å². The molecule has 18 heavy (non-hydrogen) atoms. The summed E-state index contributed by atoms with van der Waals surface area (Å²) in [6, 6.07) is 6.63. The van der Waals surface area contributed by atoms with Crippen molar-refractivity contribution in [1.29, 1.82) is 0 Å². The number of hydrogen-bond acceptors (Lipinski definition) is 3. The van der Waals surface area contributed by atoms with Crippen LogP contribution in [0.4, 0.5) is 5.69 Å². The normalized spacial score (nSPS) is 19.0. The van der Waals surface area contributed by atoms with E-state index in [2.05, 4.69) is 45.3 Å². The highest BCUT2D eigenvalue weighted by molar-refractivity contribution is 9.10. The lowest BCUT2D eigenvalue weighted by molar-refractivity contribution is 0.591. The van der Waals surface area contributed by atoms with E-state index in [1.165, 1.54) is 24.1 Å². The molecule has 0 unspecified atom stereocenters. The molecule has 1 aromatic carbocycles. The molecule has 1 saturated heterocycles. The molecule has 100 valence electrons. The average molecular weight is 329 g/mol. The van der Waals surface area contributed by atoms with E-state index in [0.29, 0.717) is 0 Å². The molecule has 0 aromatic heterocycles. The Kier molecular flexibility index (Phi) is 4.98.